The van der Waals surface area contributed by atoms with Crippen LogP contribution in [0.1, 0.15) is 18.4 Å². The van der Waals surface area contributed by atoms with E-state index >= 15 is 0 Å². The number of carboxylic acid groups (broad SMARTS) is 1. The molecule has 1 N–H and O–H groups in total. The van der Waals surface area contributed by atoms with Gasteiger partial charge < -0.3 is 5.11 Å². The molecule has 1 fully saturated rings. The second kappa shape index (κ2) is 6.94. The minimum atomic E-state index is -3.73. The number of hydrogen-bond donors (Lipinski definition) is 1. The second-order valence-electron chi connectivity index (χ2n) is 5.81. The lowest BCUT2D eigenvalue weighted by atomic mass is 10.1. The zero-order valence-electron chi connectivity index (χ0n) is 13.2. The van der Waals surface area contributed by atoms with Crippen molar-refractivity contribution in [2.45, 2.75) is 30.7 Å². The maximum absolute atomic E-state index is 13.6. The average Bonchev–Trinajstić information content (AvgIpc) is 2.49. The van der Waals surface area contributed by atoms with Crippen LogP contribution in [0.4, 0.5) is 4.39 Å². The predicted molar refractivity (Wildman–Crippen MR) is 83.2 cm³/mol. The van der Waals surface area contributed by atoms with Crippen molar-refractivity contribution in [2.24, 2.45) is 0 Å². The monoisotopic (exact) mass is 344 g/mol. The third kappa shape index (κ3) is 3.88. The van der Waals surface area contributed by atoms with E-state index in [0.29, 0.717) is 25.9 Å². The van der Waals surface area contributed by atoms with Crippen molar-refractivity contribution >= 4 is 16.0 Å². The van der Waals surface area contributed by atoms with E-state index in [1.807, 2.05) is 0 Å². The van der Waals surface area contributed by atoms with E-state index in [4.69, 9.17) is 5.11 Å². The molecule has 0 spiro atoms. The van der Waals surface area contributed by atoms with Crippen molar-refractivity contribution in [3.63, 3.8) is 0 Å². The van der Waals surface area contributed by atoms with Crippen LogP contribution in [-0.4, -0.2) is 61.4 Å². The molecule has 1 saturated heterocycles. The molecule has 1 aliphatic heterocycles. The molecule has 1 aliphatic rings. The fourth-order valence-electron chi connectivity index (χ4n) is 2.87. The molecule has 0 unspecified atom stereocenters. The zero-order valence-corrected chi connectivity index (χ0v) is 14.0. The summed E-state index contributed by atoms with van der Waals surface area (Å²) in [6, 6.07) is 4.08. The molecule has 0 aliphatic carbocycles. The smallest absolute Gasteiger partial charge is 0.317 e. The van der Waals surface area contributed by atoms with Gasteiger partial charge in [-0.25, -0.2) is 12.8 Å². The van der Waals surface area contributed by atoms with Gasteiger partial charge in [0.05, 0.1) is 11.4 Å². The van der Waals surface area contributed by atoms with Crippen LogP contribution < -0.4 is 0 Å². The maximum Gasteiger partial charge on any atom is 0.317 e. The van der Waals surface area contributed by atoms with Gasteiger partial charge in [0.1, 0.15) is 5.82 Å². The molecule has 2 rings (SSSR count). The van der Waals surface area contributed by atoms with Crippen LogP contribution in [0, 0.1) is 12.7 Å². The highest BCUT2D eigenvalue weighted by Crippen LogP contribution is 2.25. The van der Waals surface area contributed by atoms with Crippen LogP contribution >= 0.6 is 0 Å². The molecule has 0 atom stereocenters. The molecule has 128 valence electrons. The van der Waals surface area contributed by atoms with Crippen molar-refractivity contribution in [2.75, 3.05) is 26.7 Å². The van der Waals surface area contributed by atoms with Crippen LogP contribution in [0.5, 0.6) is 0 Å². The SMILES string of the molecule is Cc1c(F)cccc1S(=O)(=O)N1CCC(N(C)CC(=O)O)CC1. The number of carboxylic acids is 1. The zero-order chi connectivity index (χ0) is 17.2. The van der Waals surface area contributed by atoms with Crippen LogP contribution in [0.2, 0.25) is 0 Å². The lowest BCUT2D eigenvalue weighted by Crippen LogP contribution is -2.46. The second-order valence-corrected chi connectivity index (χ2v) is 7.71. The standard InChI is InChI=1S/C15H21FN2O4S/c1-11-13(16)4-3-5-14(11)23(21,22)18-8-6-12(7-9-18)17(2)10-15(19)20/h3-5,12H,6-10H2,1-2H3,(H,19,20). The molecule has 1 aromatic carbocycles. The number of likely N-dealkylation sites (N-methyl/N-ethyl adjacent to an activating group) is 1. The van der Waals surface area contributed by atoms with Crippen LogP contribution in [0.15, 0.2) is 23.1 Å². The lowest BCUT2D eigenvalue weighted by Gasteiger charge is -2.35. The van der Waals surface area contributed by atoms with Gasteiger partial charge >= 0.3 is 5.97 Å². The van der Waals surface area contributed by atoms with Crippen molar-refractivity contribution in [3.05, 3.63) is 29.6 Å². The Bertz CT molecular complexity index is 685. The molecular formula is C15H21FN2O4S. The molecule has 0 amide bonds. The molecule has 1 aromatic rings. The van der Waals surface area contributed by atoms with Gasteiger partial charge in [0.15, 0.2) is 0 Å². The highest BCUT2D eigenvalue weighted by Gasteiger charge is 2.32. The Morgan fingerprint density at radius 2 is 2.00 bits per heavy atom. The third-order valence-electron chi connectivity index (χ3n) is 4.27. The fraction of sp³-hybridized carbons (Fsp3) is 0.533. The van der Waals surface area contributed by atoms with Gasteiger partial charge in [0.2, 0.25) is 10.0 Å². The number of hydrogen-bond acceptors (Lipinski definition) is 4. The number of sulfonamides is 1. The van der Waals surface area contributed by atoms with E-state index in [1.54, 1.807) is 11.9 Å². The predicted octanol–water partition coefficient (Wildman–Crippen LogP) is 1.30. The normalized spacial score (nSPS) is 17.6. The van der Waals surface area contributed by atoms with Crippen LogP contribution in [0.3, 0.4) is 0 Å². The van der Waals surface area contributed by atoms with Gasteiger partial charge in [-0.3, -0.25) is 9.69 Å². The van der Waals surface area contributed by atoms with Gasteiger partial charge in [0, 0.05) is 24.7 Å². The quantitative estimate of drug-likeness (QED) is 0.871. The number of nitrogens with zero attached hydrogens (tertiary/aromatic N) is 2. The van der Waals surface area contributed by atoms with Gasteiger partial charge in [-0.05, 0) is 38.9 Å². The minimum absolute atomic E-state index is 0.00478. The van der Waals surface area contributed by atoms with Crippen LogP contribution in [-0.2, 0) is 14.8 Å². The summed E-state index contributed by atoms with van der Waals surface area (Å²) in [6.07, 6.45) is 1.11. The van der Waals surface area contributed by atoms with E-state index in [9.17, 15) is 17.6 Å². The summed E-state index contributed by atoms with van der Waals surface area (Å²) in [5, 5.41) is 8.82. The molecule has 23 heavy (non-hydrogen) atoms. The number of benzene rings is 1. The van der Waals surface area contributed by atoms with E-state index in [-0.39, 0.29) is 23.0 Å². The number of rotatable bonds is 5. The molecule has 0 aromatic heterocycles. The first-order chi connectivity index (χ1) is 10.7. The van der Waals surface area contributed by atoms with E-state index in [2.05, 4.69) is 0 Å². The van der Waals surface area contributed by atoms with E-state index < -0.39 is 21.8 Å². The van der Waals surface area contributed by atoms with E-state index in [0.717, 1.165) is 0 Å². The molecule has 0 saturated carbocycles. The Morgan fingerprint density at radius 3 is 2.57 bits per heavy atom. The highest BCUT2D eigenvalue weighted by molar-refractivity contribution is 7.89. The molecule has 8 heteroatoms. The first kappa shape index (κ1) is 17.8. The molecule has 1 heterocycles. The molecular weight excluding hydrogens is 323 g/mol. The third-order valence-corrected chi connectivity index (χ3v) is 6.31. The van der Waals surface area contributed by atoms with Gasteiger partial charge in [-0.15, -0.1) is 0 Å². The Morgan fingerprint density at radius 1 is 1.39 bits per heavy atom. The fourth-order valence-corrected chi connectivity index (χ4v) is 4.58. The molecule has 0 radical (unpaired) electrons. The summed E-state index contributed by atoms with van der Waals surface area (Å²) < 4.78 is 40.3. The van der Waals surface area contributed by atoms with Gasteiger partial charge in [-0.2, -0.15) is 4.31 Å². The van der Waals surface area contributed by atoms with Crippen molar-refractivity contribution in [3.8, 4) is 0 Å². The Hall–Kier alpha value is -1.51. The van der Waals surface area contributed by atoms with Gasteiger partial charge in [-0.1, -0.05) is 6.07 Å². The Kier molecular flexibility index (Phi) is 5.38. The summed E-state index contributed by atoms with van der Waals surface area (Å²) in [4.78, 5) is 12.5. The highest BCUT2D eigenvalue weighted by atomic mass is 32.2. The number of aliphatic carboxylic acids is 1. The topological polar surface area (TPSA) is 77.9 Å². The average molecular weight is 344 g/mol. The van der Waals surface area contributed by atoms with Crippen molar-refractivity contribution in [1.29, 1.82) is 0 Å². The Balaban J connectivity index is 2.10. The van der Waals surface area contributed by atoms with Crippen molar-refractivity contribution < 1.29 is 22.7 Å². The molecule has 6 nitrogen and oxygen atoms in total. The van der Waals surface area contributed by atoms with Gasteiger partial charge in [0.25, 0.3) is 0 Å². The summed E-state index contributed by atoms with van der Waals surface area (Å²) >= 11 is 0. The van der Waals surface area contributed by atoms with Crippen LogP contribution in [0.25, 0.3) is 0 Å². The Labute approximate surface area is 135 Å². The summed E-state index contributed by atoms with van der Waals surface area (Å²) in [5.74, 6) is -1.44. The summed E-state index contributed by atoms with van der Waals surface area (Å²) in [6.45, 7) is 1.98. The molecule has 0 bridgehead atoms. The van der Waals surface area contributed by atoms with E-state index in [1.165, 1.54) is 29.4 Å². The minimum Gasteiger partial charge on any atom is -0.480 e. The number of halogens is 1. The number of carbonyl (C=O) groups is 1. The lowest BCUT2D eigenvalue weighted by molar-refractivity contribution is -0.138. The maximum atomic E-state index is 13.6. The first-order valence-electron chi connectivity index (χ1n) is 7.40. The number of piperidine rings is 1. The summed E-state index contributed by atoms with van der Waals surface area (Å²) in [7, 11) is -2.01. The summed E-state index contributed by atoms with van der Waals surface area (Å²) in [5.41, 5.74) is 0.123. The van der Waals surface area contributed by atoms with Crippen molar-refractivity contribution in [1.82, 2.24) is 9.21 Å². The largest absolute Gasteiger partial charge is 0.480 e. The first-order valence-corrected chi connectivity index (χ1v) is 8.84.